The lowest BCUT2D eigenvalue weighted by Gasteiger charge is -2.34. The number of primary amides is 1. The van der Waals surface area contributed by atoms with E-state index in [9.17, 15) is 9.59 Å². The number of nitrogens with one attached hydrogen (secondary N) is 1. The molecular formula is C13H16ClN3O3. The van der Waals surface area contributed by atoms with Crippen LogP contribution in [0.3, 0.4) is 0 Å². The van der Waals surface area contributed by atoms with Crippen molar-refractivity contribution in [2.75, 3.05) is 26.2 Å². The van der Waals surface area contributed by atoms with Crippen LogP contribution in [0.15, 0.2) is 24.3 Å². The van der Waals surface area contributed by atoms with E-state index in [1.54, 1.807) is 24.3 Å². The Morgan fingerprint density at radius 1 is 1.50 bits per heavy atom. The molecule has 108 valence electrons. The lowest BCUT2D eigenvalue weighted by molar-refractivity contribution is -0.141. The number of carbonyl (C=O) groups excluding carboxylic acids is 2. The minimum absolute atomic E-state index is 0.149. The topological polar surface area (TPSA) is 84.7 Å². The second kappa shape index (κ2) is 6.58. The van der Waals surface area contributed by atoms with Crippen molar-refractivity contribution >= 4 is 23.4 Å². The van der Waals surface area contributed by atoms with E-state index in [-0.39, 0.29) is 12.5 Å². The van der Waals surface area contributed by atoms with Crippen LogP contribution in [-0.4, -0.2) is 49.0 Å². The van der Waals surface area contributed by atoms with Crippen molar-refractivity contribution in [2.24, 2.45) is 5.73 Å². The molecule has 20 heavy (non-hydrogen) atoms. The standard InChI is InChI=1S/C13H16ClN3O3/c14-9-2-1-3-10(6-9)20-8-12(18)17-5-4-16-7-11(17)13(15)19/h1-3,6,11,16H,4-5,7-8H2,(H2,15,19). The number of amides is 2. The maximum atomic E-state index is 12.1. The van der Waals surface area contributed by atoms with E-state index < -0.39 is 11.9 Å². The van der Waals surface area contributed by atoms with Gasteiger partial charge in [-0.25, -0.2) is 0 Å². The zero-order chi connectivity index (χ0) is 14.5. The van der Waals surface area contributed by atoms with E-state index in [4.69, 9.17) is 22.1 Å². The maximum absolute atomic E-state index is 12.1. The van der Waals surface area contributed by atoms with Crippen LogP contribution in [0.5, 0.6) is 5.75 Å². The summed E-state index contributed by atoms with van der Waals surface area (Å²) in [7, 11) is 0. The van der Waals surface area contributed by atoms with Gasteiger partial charge in [-0.15, -0.1) is 0 Å². The summed E-state index contributed by atoms with van der Waals surface area (Å²) in [4.78, 5) is 24.9. The second-order valence-electron chi connectivity index (χ2n) is 4.46. The number of rotatable bonds is 4. The molecule has 1 aromatic carbocycles. The highest BCUT2D eigenvalue weighted by Crippen LogP contribution is 2.17. The summed E-state index contributed by atoms with van der Waals surface area (Å²) in [5.74, 6) is -0.278. The minimum atomic E-state index is -0.626. The number of hydrogen-bond donors (Lipinski definition) is 2. The number of halogens is 1. The third-order valence-corrected chi connectivity index (χ3v) is 3.29. The van der Waals surface area contributed by atoms with Crippen molar-refractivity contribution in [2.45, 2.75) is 6.04 Å². The average molecular weight is 298 g/mol. The Morgan fingerprint density at radius 3 is 3.00 bits per heavy atom. The second-order valence-corrected chi connectivity index (χ2v) is 4.89. The fraction of sp³-hybridized carbons (Fsp3) is 0.385. The zero-order valence-electron chi connectivity index (χ0n) is 10.8. The Bertz CT molecular complexity index is 509. The summed E-state index contributed by atoms with van der Waals surface area (Å²) in [6.45, 7) is 1.29. The van der Waals surface area contributed by atoms with Gasteiger partial charge in [0.05, 0.1) is 0 Å². The lowest BCUT2D eigenvalue weighted by Crippen LogP contribution is -2.59. The smallest absolute Gasteiger partial charge is 0.261 e. The highest BCUT2D eigenvalue weighted by Gasteiger charge is 2.30. The fourth-order valence-electron chi connectivity index (χ4n) is 2.04. The normalized spacial score (nSPS) is 18.6. The van der Waals surface area contributed by atoms with Gasteiger partial charge in [0.2, 0.25) is 5.91 Å². The van der Waals surface area contributed by atoms with E-state index in [0.29, 0.717) is 30.4 Å². The predicted molar refractivity (Wildman–Crippen MR) is 74.5 cm³/mol. The highest BCUT2D eigenvalue weighted by molar-refractivity contribution is 6.30. The molecule has 6 nitrogen and oxygen atoms in total. The van der Waals surface area contributed by atoms with Crippen LogP contribution in [0.1, 0.15) is 0 Å². The van der Waals surface area contributed by atoms with Crippen LogP contribution in [0, 0.1) is 0 Å². The van der Waals surface area contributed by atoms with Crippen molar-refractivity contribution in [1.29, 1.82) is 0 Å². The Morgan fingerprint density at radius 2 is 2.30 bits per heavy atom. The Hall–Kier alpha value is -1.79. The fourth-order valence-corrected chi connectivity index (χ4v) is 2.22. The maximum Gasteiger partial charge on any atom is 0.261 e. The summed E-state index contributed by atoms with van der Waals surface area (Å²) < 4.78 is 5.38. The third-order valence-electron chi connectivity index (χ3n) is 3.05. The van der Waals surface area contributed by atoms with Crippen molar-refractivity contribution in [3.8, 4) is 5.75 Å². The molecule has 1 heterocycles. The first kappa shape index (κ1) is 14.6. The van der Waals surface area contributed by atoms with Crippen LogP contribution < -0.4 is 15.8 Å². The number of piperazine rings is 1. The Kier molecular flexibility index (Phi) is 4.81. The van der Waals surface area contributed by atoms with E-state index >= 15 is 0 Å². The zero-order valence-corrected chi connectivity index (χ0v) is 11.6. The SMILES string of the molecule is NC(=O)C1CNCCN1C(=O)COc1cccc(Cl)c1. The first-order valence-corrected chi connectivity index (χ1v) is 6.63. The number of carbonyl (C=O) groups is 2. The molecule has 3 N–H and O–H groups in total. The summed E-state index contributed by atoms with van der Waals surface area (Å²) in [5.41, 5.74) is 5.29. The largest absolute Gasteiger partial charge is 0.484 e. The van der Waals surface area contributed by atoms with Crippen molar-refractivity contribution in [3.05, 3.63) is 29.3 Å². The number of hydrogen-bond acceptors (Lipinski definition) is 4. The number of benzene rings is 1. The molecule has 2 amide bonds. The van der Waals surface area contributed by atoms with Gasteiger partial charge in [0.15, 0.2) is 6.61 Å². The molecule has 1 aliphatic rings. The quantitative estimate of drug-likeness (QED) is 0.819. The summed E-state index contributed by atoms with van der Waals surface area (Å²) >= 11 is 5.83. The van der Waals surface area contributed by atoms with E-state index in [0.717, 1.165) is 0 Å². The van der Waals surface area contributed by atoms with Gasteiger partial charge in [-0.3, -0.25) is 9.59 Å². The number of nitrogens with zero attached hydrogens (tertiary/aromatic N) is 1. The van der Waals surface area contributed by atoms with Gasteiger partial charge in [0.25, 0.3) is 5.91 Å². The van der Waals surface area contributed by atoms with Crippen LogP contribution in [0.4, 0.5) is 0 Å². The molecule has 1 fully saturated rings. The summed E-state index contributed by atoms with van der Waals surface area (Å²) in [6, 6.07) is 6.16. The molecule has 1 saturated heterocycles. The van der Waals surface area contributed by atoms with Crippen LogP contribution in [0.2, 0.25) is 5.02 Å². The molecule has 0 radical (unpaired) electrons. The molecule has 1 unspecified atom stereocenters. The average Bonchev–Trinajstić information content (AvgIpc) is 2.45. The van der Waals surface area contributed by atoms with Gasteiger partial charge in [-0.2, -0.15) is 0 Å². The van der Waals surface area contributed by atoms with Gasteiger partial charge in [0, 0.05) is 24.7 Å². The molecule has 2 rings (SSSR count). The van der Waals surface area contributed by atoms with E-state index in [1.807, 2.05) is 0 Å². The third kappa shape index (κ3) is 3.61. The van der Waals surface area contributed by atoms with Gasteiger partial charge in [-0.05, 0) is 18.2 Å². The van der Waals surface area contributed by atoms with E-state index in [1.165, 1.54) is 4.90 Å². The summed E-state index contributed by atoms with van der Waals surface area (Å²) in [6.07, 6.45) is 0. The molecule has 7 heteroatoms. The molecule has 0 saturated carbocycles. The monoisotopic (exact) mass is 297 g/mol. The molecule has 0 aliphatic carbocycles. The van der Waals surface area contributed by atoms with Crippen LogP contribution in [0.25, 0.3) is 0 Å². The first-order valence-electron chi connectivity index (χ1n) is 6.26. The van der Waals surface area contributed by atoms with Gasteiger partial charge in [-0.1, -0.05) is 17.7 Å². The van der Waals surface area contributed by atoms with Crippen molar-refractivity contribution < 1.29 is 14.3 Å². The molecular weight excluding hydrogens is 282 g/mol. The first-order chi connectivity index (χ1) is 9.58. The van der Waals surface area contributed by atoms with Crippen LogP contribution in [-0.2, 0) is 9.59 Å². The number of ether oxygens (including phenoxy) is 1. The molecule has 1 aromatic rings. The highest BCUT2D eigenvalue weighted by atomic mass is 35.5. The minimum Gasteiger partial charge on any atom is -0.484 e. The Balaban J connectivity index is 1.95. The lowest BCUT2D eigenvalue weighted by atomic mass is 10.2. The van der Waals surface area contributed by atoms with Crippen LogP contribution >= 0.6 is 11.6 Å². The molecule has 0 aromatic heterocycles. The van der Waals surface area contributed by atoms with Gasteiger partial charge in [0.1, 0.15) is 11.8 Å². The molecule has 0 bridgehead atoms. The van der Waals surface area contributed by atoms with E-state index in [2.05, 4.69) is 5.32 Å². The Labute approximate surface area is 121 Å². The van der Waals surface area contributed by atoms with Crippen molar-refractivity contribution in [3.63, 3.8) is 0 Å². The van der Waals surface area contributed by atoms with Crippen molar-refractivity contribution in [1.82, 2.24) is 10.2 Å². The van der Waals surface area contributed by atoms with Gasteiger partial charge >= 0.3 is 0 Å². The summed E-state index contributed by atoms with van der Waals surface area (Å²) in [5, 5.41) is 3.56. The molecule has 1 atom stereocenters. The predicted octanol–water partition coefficient (Wildman–Crippen LogP) is 0.00450. The molecule has 0 spiro atoms. The van der Waals surface area contributed by atoms with Gasteiger partial charge < -0.3 is 20.7 Å². The molecule has 1 aliphatic heterocycles. The number of nitrogens with two attached hydrogens (primary N) is 1.